The Balaban J connectivity index is 1.23. The molecule has 3 heterocycles. The highest BCUT2D eigenvalue weighted by Gasteiger charge is 2.31. The van der Waals surface area contributed by atoms with Crippen LogP contribution in [0.4, 0.5) is 5.69 Å². The van der Waals surface area contributed by atoms with E-state index in [0.717, 1.165) is 31.2 Å². The number of likely N-dealkylation sites (tertiary alicyclic amines) is 1. The summed E-state index contributed by atoms with van der Waals surface area (Å²) in [5.74, 6) is 1.15. The molecule has 186 valence electrons. The molecule has 1 atom stereocenters. The number of hydrogen-bond acceptors (Lipinski definition) is 6. The predicted molar refractivity (Wildman–Crippen MR) is 129 cm³/mol. The fourth-order valence-electron chi connectivity index (χ4n) is 4.87. The van der Waals surface area contributed by atoms with E-state index in [-0.39, 0.29) is 29.3 Å². The fourth-order valence-corrected chi connectivity index (χ4v) is 5.84. The van der Waals surface area contributed by atoms with Crippen LogP contribution in [0.3, 0.4) is 0 Å². The van der Waals surface area contributed by atoms with Crippen molar-refractivity contribution in [3.8, 4) is 11.5 Å². The number of anilines is 1. The van der Waals surface area contributed by atoms with Crippen molar-refractivity contribution < 1.29 is 27.5 Å². The van der Waals surface area contributed by atoms with Gasteiger partial charge in [0, 0.05) is 31.6 Å². The highest BCUT2D eigenvalue weighted by atomic mass is 32.2. The molecule has 2 aromatic carbocycles. The molecule has 3 aliphatic heterocycles. The van der Waals surface area contributed by atoms with E-state index in [0.29, 0.717) is 49.9 Å². The molecular formula is C25H29N3O6S. The van der Waals surface area contributed by atoms with Crippen molar-refractivity contribution in [1.29, 1.82) is 0 Å². The van der Waals surface area contributed by atoms with E-state index in [1.54, 1.807) is 21.9 Å². The van der Waals surface area contributed by atoms with Crippen LogP contribution in [0.5, 0.6) is 11.5 Å². The zero-order valence-electron chi connectivity index (χ0n) is 19.4. The summed E-state index contributed by atoms with van der Waals surface area (Å²) >= 11 is 0. The van der Waals surface area contributed by atoms with Crippen molar-refractivity contribution in [2.45, 2.75) is 43.0 Å². The summed E-state index contributed by atoms with van der Waals surface area (Å²) < 4.78 is 39.5. The average molecular weight is 500 g/mol. The maximum absolute atomic E-state index is 13.0. The second-order valence-electron chi connectivity index (χ2n) is 8.97. The van der Waals surface area contributed by atoms with Gasteiger partial charge >= 0.3 is 0 Å². The van der Waals surface area contributed by atoms with Crippen LogP contribution in [-0.2, 0) is 19.6 Å². The molecule has 2 aromatic rings. The van der Waals surface area contributed by atoms with E-state index in [4.69, 9.17) is 9.47 Å². The zero-order valence-corrected chi connectivity index (χ0v) is 20.3. The van der Waals surface area contributed by atoms with Gasteiger partial charge in [0.05, 0.1) is 30.7 Å². The Hall–Kier alpha value is -3.11. The van der Waals surface area contributed by atoms with Gasteiger partial charge in [-0.05, 0) is 61.2 Å². The molecule has 0 aliphatic carbocycles. The summed E-state index contributed by atoms with van der Waals surface area (Å²) in [5, 5.41) is 0. The van der Waals surface area contributed by atoms with Crippen molar-refractivity contribution >= 4 is 27.5 Å². The standard InChI is InChI=1S/C25H29N3O6S/c29-24-5-2-12-27(24)19-7-9-20(10-8-19)35(31,32)26-17-25(30)28-13-1-4-21(28)18-6-11-22-23(16-18)34-15-3-14-33-22/h6-11,16,21,26H,1-5,12-15,17H2/t21-/m0/s1. The third-order valence-corrected chi connectivity index (χ3v) is 8.09. The topological polar surface area (TPSA) is 105 Å². The Morgan fingerprint density at radius 2 is 1.74 bits per heavy atom. The SMILES string of the molecule is O=C1CCCN1c1ccc(S(=O)(=O)NCC(=O)N2CCC[C@H]2c2ccc3c(c2)OCCCO3)cc1. The maximum atomic E-state index is 13.0. The first-order chi connectivity index (χ1) is 16.9. The largest absolute Gasteiger partial charge is 0.490 e. The molecule has 1 N–H and O–H groups in total. The van der Waals surface area contributed by atoms with Gasteiger partial charge in [0.25, 0.3) is 0 Å². The Morgan fingerprint density at radius 1 is 0.971 bits per heavy atom. The third kappa shape index (κ3) is 4.99. The molecule has 5 rings (SSSR count). The average Bonchev–Trinajstić information content (AvgIpc) is 3.46. The number of nitrogens with zero attached hydrogens (tertiary/aromatic N) is 2. The van der Waals surface area contributed by atoms with E-state index < -0.39 is 10.0 Å². The van der Waals surface area contributed by atoms with Crippen molar-refractivity contribution in [1.82, 2.24) is 9.62 Å². The molecule has 3 aliphatic rings. The lowest BCUT2D eigenvalue weighted by atomic mass is 10.0. The number of ether oxygens (including phenoxy) is 2. The molecular weight excluding hydrogens is 470 g/mol. The van der Waals surface area contributed by atoms with Crippen LogP contribution in [0, 0.1) is 0 Å². The van der Waals surface area contributed by atoms with Gasteiger partial charge in [-0.25, -0.2) is 13.1 Å². The molecule has 0 unspecified atom stereocenters. The first-order valence-electron chi connectivity index (χ1n) is 12.0. The number of fused-ring (bicyclic) bond motifs is 1. The monoisotopic (exact) mass is 499 g/mol. The lowest BCUT2D eigenvalue weighted by molar-refractivity contribution is -0.130. The van der Waals surface area contributed by atoms with Crippen molar-refractivity contribution in [3.63, 3.8) is 0 Å². The van der Waals surface area contributed by atoms with Crippen LogP contribution in [0.15, 0.2) is 47.4 Å². The second-order valence-corrected chi connectivity index (χ2v) is 10.7. The van der Waals surface area contributed by atoms with Gasteiger partial charge in [-0.2, -0.15) is 0 Å². The van der Waals surface area contributed by atoms with Crippen LogP contribution in [-0.4, -0.2) is 58.0 Å². The molecule has 35 heavy (non-hydrogen) atoms. The van der Waals surface area contributed by atoms with Crippen molar-refractivity contribution in [2.24, 2.45) is 0 Å². The van der Waals surface area contributed by atoms with E-state index >= 15 is 0 Å². The molecule has 0 radical (unpaired) electrons. The first kappa shape index (κ1) is 23.6. The normalized spacial score (nSPS) is 20.2. The smallest absolute Gasteiger partial charge is 0.241 e. The molecule has 2 fully saturated rings. The molecule has 0 aromatic heterocycles. The van der Waals surface area contributed by atoms with E-state index in [1.165, 1.54) is 12.1 Å². The van der Waals surface area contributed by atoms with Crippen molar-refractivity contribution in [2.75, 3.05) is 37.7 Å². The van der Waals surface area contributed by atoms with Crippen molar-refractivity contribution in [3.05, 3.63) is 48.0 Å². The summed E-state index contributed by atoms with van der Waals surface area (Å²) in [7, 11) is -3.87. The van der Waals surface area contributed by atoms with Crippen LogP contribution in [0.1, 0.15) is 43.7 Å². The van der Waals surface area contributed by atoms with E-state index in [1.807, 2.05) is 18.2 Å². The van der Waals surface area contributed by atoms with Gasteiger partial charge in [0.15, 0.2) is 11.5 Å². The summed E-state index contributed by atoms with van der Waals surface area (Å²) in [6.07, 6.45) is 3.76. The van der Waals surface area contributed by atoms with Crippen LogP contribution >= 0.6 is 0 Å². The highest BCUT2D eigenvalue weighted by molar-refractivity contribution is 7.89. The number of carbonyl (C=O) groups is 2. The lowest BCUT2D eigenvalue weighted by Crippen LogP contribution is -2.39. The predicted octanol–water partition coefficient (Wildman–Crippen LogP) is 2.62. The number of carbonyl (C=O) groups excluding carboxylic acids is 2. The maximum Gasteiger partial charge on any atom is 0.241 e. The van der Waals surface area contributed by atoms with Gasteiger partial charge < -0.3 is 19.3 Å². The van der Waals surface area contributed by atoms with Gasteiger partial charge in [-0.1, -0.05) is 6.07 Å². The quantitative estimate of drug-likeness (QED) is 0.655. The van der Waals surface area contributed by atoms with Gasteiger partial charge in [-0.3, -0.25) is 9.59 Å². The molecule has 2 saturated heterocycles. The zero-order chi connectivity index (χ0) is 24.4. The Bertz CT molecular complexity index is 1210. The van der Waals surface area contributed by atoms with E-state index in [2.05, 4.69) is 4.72 Å². The summed E-state index contributed by atoms with van der Waals surface area (Å²) in [4.78, 5) is 28.4. The van der Waals surface area contributed by atoms with Crippen LogP contribution < -0.4 is 19.1 Å². The Morgan fingerprint density at radius 3 is 2.49 bits per heavy atom. The van der Waals surface area contributed by atoms with Gasteiger partial charge in [-0.15, -0.1) is 0 Å². The second kappa shape index (κ2) is 9.87. The van der Waals surface area contributed by atoms with E-state index in [9.17, 15) is 18.0 Å². The molecule has 0 spiro atoms. The Labute approximate surface area is 205 Å². The molecule has 0 bridgehead atoms. The molecule has 10 heteroatoms. The minimum atomic E-state index is -3.87. The Kier molecular flexibility index (Phi) is 6.66. The molecule has 9 nitrogen and oxygen atoms in total. The van der Waals surface area contributed by atoms with Crippen LogP contribution in [0.2, 0.25) is 0 Å². The van der Waals surface area contributed by atoms with Gasteiger partial charge in [0.2, 0.25) is 21.8 Å². The number of sulfonamides is 1. The highest BCUT2D eigenvalue weighted by Crippen LogP contribution is 2.38. The summed E-state index contributed by atoms with van der Waals surface area (Å²) in [5.41, 5.74) is 1.63. The number of amides is 2. The number of rotatable bonds is 6. The minimum absolute atomic E-state index is 0.0399. The van der Waals surface area contributed by atoms with Crippen LogP contribution in [0.25, 0.3) is 0 Å². The first-order valence-corrected chi connectivity index (χ1v) is 13.5. The number of hydrogen-bond donors (Lipinski definition) is 1. The fraction of sp³-hybridized carbons (Fsp3) is 0.440. The summed E-state index contributed by atoms with van der Waals surface area (Å²) in [6, 6.07) is 11.8. The van der Waals surface area contributed by atoms with Gasteiger partial charge in [0.1, 0.15) is 0 Å². The molecule has 0 saturated carbocycles. The molecule has 2 amide bonds. The third-order valence-electron chi connectivity index (χ3n) is 6.68. The minimum Gasteiger partial charge on any atom is -0.490 e. The number of nitrogens with one attached hydrogen (secondary N) is 1. The lowest BCUT2D eigenvalue weighted by Gasteiger charge is -2.26. The summed E-state index contributed by atoms with van der Waals surface area (Å²) in [6.45, 7) is 2.08. The number of benzene rings is 2.